The fourth-order valence-corrected chi connectivity index (χ4v) is 3.15. The van der Waals surface area contributed by atoms with E-state index in [4.69, 9.17) is 21.1 Å². The van der Waals surface area contributed by atoms with Crippen molar-refractivity contribution in [1.29, 1.82) is 0 Å². The van der Waals surface area contributed by atoms with E-state index < -0.39 is 0 Å². The van der Waals surface area contributed by atoms with E-state index in [1.165, 1.54) is 0 Å². The number of ether oxygens (including phenoxy) is 2. The van der Waals surface area contributed by atoms with Gasteiger partial charge in [0.15, 0.2) is 0 Å². The predicted octanol–water partition coefficient (Wildman–Crippen LogP) is 4.35. The third-order valence-electron chi connectivity index (χ3n) is 4.13. The maximum absolute atomic E-state index is 6.31. The van der Waals surface area contributed by atoms with Crippen molar-refractivity contribution in [2.75, 3.05) is 7.05 Å². The van der Waals surface area contributed by atoms with Gasteiger partial charge in [-0.3, -0.25) is 0 Å². The average molecular weight is 312 g/mol. The normalized spacial score (nSPS) is 24.8. The smallest absolute Gasteiger partial charge is 0.130 e. The molecule has 0 spiro atoms. The largest absolute Gasteiger partial charge is 0.487 e. The van der Waals surface area contributed by atoms with Crippen molar-refractivity contribution in [3.8, 4) is 5.75 Å². The minimum absolute atomic E-state index is 0.0245. The first-order valence-corrected chi connectivity index (χ1v) is 7.86. The lowest BCUT2D eigenvalue weighted by Crippen LogP contribution is -2.37. The molecular weight excluding hydrogens is 286 g/mol. The van der Waals surface area contributed by atoms with Gasteiger partial charge in [-0.1, -0.05) is 11.6 Å². The number of rotatable bonds is 4. The lowest BCUT2D eigenvalue weighted by molar-refractivity contribution is -0.0847. The second-order valence-corrected chi connectivity index (χ2v) is 7.40. The molecular formula is C17H26ClNO2. The van der Waals surface area contributed by atoms with Crippen molar-refractivity contribution in [1.82, 2.24) is 5.32 Å². The Morgan fingerprint density at radius 3 is 2.52 bits per heavy atom. The van der Waals surface area contributed by atoms with Gasteiger partial charge in [-0.15, -0.1) is 0 Å². The van der Waals surface area contributed by atoms with Crippen LogP contribution in [0.3, 0.4) is 0 Å². The Balaban J connectivity index is 2.28. The third-order valence-corrected chi connectivity index (χ3v) is 4.37. The molecule has 0 saturated carbocycles. The number of halogens is 1. The Morgan fingerprint density at radius 2 is 2.00 bits per heavy atom. The Hall–Kier alpha value is -0.770. The summed E-state index contributed by atoms with van der Waals surface area (Å²) in [7, 11) is 1.93. The highest BCUT2D eigenvalue weighted by Crippen LogP contribution is 2.41. The van der Waals surface area contributed by atoms with E-state index in [-0.39, 0.29) is 23.3 Å². The van der Waals surface area contributed by atoms with Crippen LogP contribution in [0.1, 0.15) is 52.6 Å². The first kappa shape index (κ1) is 16.6. The maximum Gasteiger partial charge on any atom is 0.130 e. The van der Waals surface area contributed by atoms with Crippen molar-refractivity contribution >= 4 is 11.6 Å². The topological polar surface area (TPSA) is 30.5 Å². The van der Waals surface area contributed by atoms with Crippen LogP contribution in [-0.4, -0.2) is 24.4 Å². The lowest BCUT2D eigenvalue weighted by Gasteiger charge is -2.28. The molecule has 1 N–H and O–H groups in total. The summed E-state index contributed by atoms with van der Waals surface area (Å²) in [5.74, 6) is 0.876. The van der Waals surface area contributed by atoms with E-state index in [0.717, 1.165) is 22.8 Å². The van der Waals surface area contributed by atoms with E-state index in [9.17, 15) is 0 Å². The third kappa shape index (κ3) is 3.71. The van der Waals surface area contributed by atoms with E-state index in [0.29, 0.717) is 0 Å². The van der Waals surface area contributed by atoms with Crippen molar-refractivity contribution in [3.63, 3.8) is 0 Å². The van der Waals surface area contributed by atoms with Crippen molar-refractivity contribution < 1.29 is 9.47 Å². The van der Waals surface area contributed by atoms with Crippen molar-refractivity contribution in [2.45, 2.75) is 64.4 Å². The number of hydrogen-bond acceptors (Lipinski definition) is 3. The fraction of sp³-hybridized carbons (Fsp3) is 0.647. The summed E-state index contributed by atoms with van der Waals surface area (Å²) in [4.78, 5) is 0. The molecule has 4 heteroatoms. The van der Waals surface area contributed by atoms with E-state index in [2.05, 4.69) is 39.9 Å². The molecule has 2 rings (SSSR count). The minimum atomic E-state index is -0.302. The zero-order valence-electron chi connectivity index (χ0n) is 13.8. The molecule has 0 bridgehead atoms. The summed E-state index contributed by atoms with van der Waals surface area (Å²) in [6, 6.07) is 5.97. The molecule has 118 valence electrons. The summed E-state index contributed by atoms with van der Waals surface area (Å²) in [5, 5.41) is 3.96. The van der Waals surface area contributed by atoms with Gasteiger partial charge in [0.1, 0.15) is 17.5 Å². The van der Waals surface area contributed by atoms with Crippen LogP contribution in [0.15, 0.2) is 18.2 Å². The molecule has 21 heavy (non-hydrogen) atoms. The Labute approximate surface area is 133 Å². The molecule has 2 unspecified atom stereocenters. The highest BCUT2D eigenvalue weighted by atomic mass is 35.5. The van der Waals surface area contributed by atoms with Crippen LogP contribution in [0.2, 0.25) is 5.02 Å². The number of benzene rings is 1. The average Bonchev–Trinajstić information content (AvgIpc) is 2.58. The molecule has 0 aromatic heterocycles. The highest BCUT2D eigenvalue weighted by molar-refractivity contribution is 6.30. The molecule has 1 aliphatic heterocycles. The second kappa shape index (κ2) is 5.79. The molecule has 1 aromatic rings. The van der Waals surface area contributed by atoms with E-state index >= 15 is 0 Å². The summed E-state index contributed by atoms with van der Waals surface area (Å²) >= 11 is 6.13. The molecule has 0 aliphatic carbocycles. The molecule has 0 radical (unpaired) electrons. The van der Waals surface area contributed by atoms with Crippen molar-refractivity contribution in [3.05, 3.63) is 28.8 Å². The van der Waals surface area contributed by atoms with Gasteiger partial charge in [0, 0.05) is 23.0 Å². The van der Waals surface area contributed by atoms with E-state index in [1.807, 2.05) is 25.2 Å². The molecule has 2 atom stereocenters. The van der Waals surface area contributed by atoms with E-state index in [1.54, 1.807) is 0 Å². The second-order valence-electron chi connectivity index (χ2n) is 6.97. The maximum atomic E-state index is 6.31. The SMILES string of the molecule is CNC(C)c1cc(Cl)ccc1OC1CC(C)(C)OC1(C)C. The molecule has 1 saturated heterocycles. The fourth-order valence-electron chi connectivity index (χ4n) is 2.97. The standard InChI is InChI=1S/C17H26ClNO2/c1-11(19-6)13-9-12(18)7-8-14(13)20-15-10-16(2,3)21-17(15,4)5/h7-9,11,15,19H,10H2,1-6H3. The summed E-state index contributed by atoms with van der Waals surface area (Å²) in [6.45, 7) is 10.5. The number of hydrogen-bond donors (Lipinski definition) is 1. The van der Waals surface area contributed by atoms with Crippen molar-refractivity contribution in [2.24, 2.45) is 0 Å². The molecule has 1 heterocycles. The number of nitrogens with one attached hydrogen (secondary N) is 1. The first-order chi connectivity index (χ1) is 9.64. The first-order valence-electron chi connectivity index (χ1n) is 7.48. The minimum Gasteiger partial charge on any atom is -0.487 e. The summed E-state index contributed by atoms with van der Waals surface area (Å²) < 4.78 is 12.4. The van der Waals surface area contributed by atoms with Gasteiger partial charge in [-0.2, -0.15) is 0 Å². The monoisotopic (exact) mass is 311 g/mol. The van der Waals surface area contributed by atoms with Gasteiger partial charge in [0.25, 0.3) is 0 Å². The lowest BCUT2D eigenvalue weighted by atomic mass is 9.97. The van der Waals surface area contributed by atoms with Gasteiger partial charge in [0.2, 0.25) is 0 Å². The van der Waals surface area contributed by atoms with Crippen LogP contribution in [0.4, 0.5) is 0 Å². The van der Waals surface area contributed by atoms with Crippen LogP contribution in [0.25, 0.3) is 0 Å². The van der Waals surface area contributed by atoms with Crippen LogP contribution in [-0.2, 0) is 4.74 Å². The molecule has 0 amide bonds. The van der Waals surface area contributed by atoms with Gasteiger partial charge in [-0.25, -0.2) is 0 Å². The van der Waals surface area contributed by atoms with Gasteiger partial charge < -0.3 is 14.8 Å². The van der Waals surface area contributed by atoms with Gasteiger partial charge in [-0.05, 0) is 59.9 Å². The van der Waals surface area contributed by atoms with Gasteiger partial charge in [0.05, 0.1) is 5.60 Å². The zero-order valence-corrected chi connectivity index (χ0v) is 14.5. The predicted molar refractivity (Wildman–Crippen MR) is 87.2 cm³/mol. The Morgan fingerprint density at radius 1 is 1.33 bits per heavy atom. The van der Waals surface area contributed by atoms with Crippen LogP contribution in [0, 0.1) is 0 Å². The summed E-state index contributed by atoms with van der Waals surface area (Å²) in [6.07, 6.45) is 0.896. The molecule has 3 nitrogen and oxygen atoms in total. The molecule has 1 fully saturated rings. The highest BCUT2D eigenvalue weighted by Gasteiger charge is 2.47. The zero-order chi connectivity index (χ0) is 15.8. The van der Waals surface area contributed by atoms with Crippen LogP contribution in [0.5, 0.6) is 5.75 Å². The summed E-state index contributed by atoms with van der Waals surface area (Å²) in [5.41, 5.74) is 0.615. The van der Waals surface area contributed by atoms with Gasteiger partial charge >= 0.3 is 0 Å². The van der Waals surface area contributed by atoms with Crippen LogP contribution < -0.4 is 10.1 Å². The quantitative estimate of drug-likeness (QED) is 0.897. The molecule has 1 aromatic carbocycles. The molecule has 1 aliphatic rings. The van der Waals surface area contributed by atoms with Crippen LogP contribution >= 0.6 is 11.6 Å². The Kier molecular flexibility index (Phi) is 4.57. The Bertz CT molecular complexity index is 514.